The van der Waals surface area contributed by atoms with Gasteiger partial charge in [-0.25, -0.2) is 0 Å². The molecule has 30 heteroatoms. The first kappa shape index (κ1) is 71.2. The number of carbonyl (C=O) groups is 3. The molecule has 2 unspecified atom stereocenters. The molecule has 4 aromatic heterocycles. The molecule has 78 heavy (non-hydrogen) atoms. The Labute approximate surface area is 498 Å². The van der Waals surface area contributed by atoms with Gasteiger partial charge in [0, 0.05) is 72.1 Å². The van der Waals surface area contributed by atoms with E-state index in [0.29, 0.717) is 37.1 Å². The van der Waals surface area contributed by atoms with Crippen LogP contribution in [0.5, 0.6) is 0 Å². The van der Waals surface area contributed by atoms with Crippen LogP contribution in [0.2, 0.25) is 0 Å². The molecule has 0 aliphatic carbocycles. The van der Waals surface area contributed by atoms with Crippen LogP contribution in [0.25, 0.3) is 44.7 Å². The molecule has 0 saturated carbocycles. The predicted molar refractivity (Wildman–Crippen MR) is 299 cm³/mol. The molecule has 0 bridgehead atoms. The first-order valence-electron chi connectivity index (χ1n) is 22.9. The Morgan fingerprint density at radius 1 is 0.641 bits per heavy atom. The number of hydrogen-bond acceptors (Lipinski definition) is 14. The molecule has 437 valence electrons. The maximum atomic E-state index is 11.9. The van der Waals surface area contributed by atoms with Crippen molar-refractivity contribution in [2.45, 2.75) is 93.0 Å². The second-order valence-corrected chi connectivity index (χ2v) is 33.0. The zero-order valence-corrected chi connectivity index (χ0v) is 51.8. The van der Waals surface area contributed by atoms with Gasteiger partial charge in [-0.05, 0) is 71.5 Å². The molecule has 2 aromatic carbocycles. The number of rotatable bonds is 12. The summed E-state index contributed by atoms with van der Waals surface area (Å²) in [6.07, 6.45) is 0.979. The van der Waals surface area contributed by atoms with Crippen molar-refractivity contribution in [2.75, 3.05) is 26.3 Å². The van der Waals surface area contributed by atoms with E-state index in [2.05, 4.69) is 139 Å². The average Bonchev–Trinajstić information content (AvgIpc) is 4.05. The number of aliphatic hydroxyl groups excluding tert-OH is 6. The average molecular weight is 1790 g/mol. The van der Waals surface area contributed by atoms with Crippen molar-refractivity contribution in [1.82, 2.24) is 30.6 Å². The molecule has 2 fully saturated rings. The number of pyridine rings is 2. The van der Waals surface area contributed by atoms with E-state index in [1.165, 1.54) is 21.9 Å². The van der Waals surface area contributed by atoms with Gasteiger partial charge in [0.1, 0.15) is 30.8 Å². The number of aromatic amines is 2. The fraction of sp³-hybridized carbons (Fsp3) is 0.396. The molecule has 2 aliphatic heterocycles. The van der Waals surface area contributed by atoms with Gasteiger partial charge in [-0.3, -0.25) is 19.6 Å². The molecule has 6 heterocycles. The first-order chi connectivity index (χ1) is 37.2. The number of halogens is 6. The predicted octanol–water partition coefficient (Wildman–Crippen LogP) is 4.68. The Morgan fingerprint density at radius 2 is 0.962 bits per heavy atom. The van der Waals surface area contributed by atoms with Crippen molar-refractivity contribution in [3.8, 4) is 0 Å². The smallest absolute Gasteiger partial charge is 0.137 e. The molecule has 2 saturated heterocycles. The number of alkyl halides is 3. The maximum absolute atomic E-state index is 11.9. The summed E-state index contributed by atoms with van der Waals surface area (Å²) in [5.74, 6) is -2.92. The number of carboxylic acids is 1. The van der Waals surface area contributed by atoms with Crippen LogP contribution in [0.1, 0.15) is 22.3 Å². The van der Waals surface area contributed by atoms with Crippen LogP contribution < -0.4 is 15.7 Å². The number of aliphatic hydroxyl groups is 6. The summed E-state index contributed by atoms with van der Waals surface area (Å²) in [5.41, 5.74) is 35.6. The van der Waals surface area contributed by atoms with Crippen molar-refractivity contribution < 1.29 is 100 Å². The Hall–Kier alpha value is -2.89. The summed E-state index contributed by atoms with van der Waals surface area (Å²) in [4.78, 5) is 46.9. The monoisotopic (exact) mass is 1790 g/mol. The van der Waals surface area contributed by atoms with Gasteiger partial charge in [0.15, 0.2) is 0 Å². The van der Waals surface area contributed by atoms with E-state index in [4.69, 9.17) is 53.3 Å². The number of aromatic nitrogens is 4. The Bertz CT molecular complexity index is 2460. The summed E-state index contributed by atoms with van der Waals surface area (Å²) < 4.78 is 40.9. The number of nitrogens with zero attached hydrogens (tertiary/aromatic N) is 2. The van der Waals surface area contributed by atoms with Crippen LogP contribution in [0.15, 0.2) is 110 Å². The van der Waals surface area contributed by atoms with Gasteiger partial charge >= 0.3 is 91.6 Å². The molecule has 8 rings (SSSR count). The first-order valence-corrected chi connectivity index (χ1v) is 42.2. The molecule has 14 N–H and O–H groups in total. The summed E-state index contributed by atoms with van der Waals surface area (Å²) in [7, 11) is 0. The fourth-order valence-corrected chi connectivity index (χ4v) is 7.08. The van der Waals surface area contributed by atoms with Crippen LogP contribution in [0, 0.1) is 0 Å². The minimum absolute atomic E-state index is 0.0426. The van der Waals surface area contributed by atoms with E-state index < -0.39 is 86.5 Å². The van der Waals surface area contributed by atoms with Crippen molar-refractivity contribution in [2.24, 2.45) is 0 Å². The molecule has 2 aliphatic rings. The van der Waals surface area contributed by atoms with Gasteiger partial charge in [-0.1, -0.05) is 36.4 Å². The van der Waals surface area contributed by atoms with Gasteiger partial charge in [0.25, 0.3) is 0 Å². The number of para-hydroxylation sites is 2. The second-order valence-electron chi connectivity index (χ2n) is 16.4. The number of amides is 2. The number of hydrogen-bond donors (Lipinski definition) is 10. The number of aliphatic carboxylic acids is 1. The number of H-pyrrole nitrogens is 2. The number of ether oxygens (including phenoxy) is 2. The summed E-state index contributed by atoms with van der Waals surface area (Å²) in [6, 6.07) is 19.2. The minimum atomic E-state index is -5.19. The van der Waals surface area contributed by atoms with Crippen molar-refractivity contribution in [3.63, 3.8) is 0 Å². The van der Waals surface area contributed by atoms with Crippen LogP contribution in [-0.2, 0) is 76.9 Å². The zero-order chi connectivity index (χ0) is 58.4. The van der Waals surface area contributed by atoms with Gasteiger partial charge in [0.2, 0.25) is 11.8 Å². The summed E-state index contributed by atoms with van der Waals surface area (Å²) in [5, 5.41) is 70.9. The molecule has 0 radical (unpaired) electrons. The van der Waals surface area contributed by atoms with E-state index in [0.717, 1.165) is 35.0 Å². The number of benzene rings is 2. The molecule has 22 nitrogen and oxygen atoms in total. The normalized spacial score (nSPS) is 22.3. The Kier molecular flexibility index (Phi) is 35.4. The van der Waals surface area contributed by atoms with Crippen LogP contribution >= 0.6 is 58.1 Å². The minimum Gasteiger partial charge on any atom is -0.674 e. The topological polar surface area (TPSA) is 391 Å². The van der Waals surface area contributed by atoms with Crippen molar-refractivity contribution >= 4 is 97.6 Å². The third-order valence-corrected chi connectivity index (χ3v) is 11.1. The quantitative estimate of drug-likeness (QED) is 0.0745. The van der Waals surface area contributed by atoms with E-state index in [9.17, 15) is 33.0 Å². The standard InChI is InChI=1S/2C17H17N3O.2C6H12N2O4.C2HF3O2.3HI.2Pt/c2*21-17(11-13-5-8-18-9-6-13)19-10-7-14-12-20-16-4-2-1-3-15(14)16;2*7-3-4(8)6(11)12-2(1-9)5(3)10;3-2(4,5)1(6)7;;;;;/h2*1-6,8-9,12,20H,7,10-11H2,(H,19,21);2*2-11H,1H2;(H,6,7);3*1H;;/q;;2*-2;;;;;+1;+4/p-4/t;;2*2-,3-,4-,5-,6?;;;;;;/m..11....../s1. The molecule has 10 atom stereocenters. The largest absolute Gasteiger partial charge is 0.674 e. The van der Waals surface area contributed by atoms with Gasteiger partial charge in [0.05, 0.1) is 38.3 Å². The van der Waals surface area contributed by atoms with Gasteiger partial charge in [-0.15, -0.1) is 24.2 Å². The number of carboxylic acid groups (broad SMARTS) is 1. The third-order valence-electron chi connectivity index (χ3n) is 11.1. The molecule has 0 spiro atoms. The summed E-state index contributed by atoms with van der Waals surface area (Å²) in [6.45, 7) is 0.373. The van der Waals surface area contributed by atoms with E-state index >= 15 is 0 Å². The molecular formula is C48H58F3I3N10O12Pt2-3. The Balaban J connectivity index is 0.000000341. The van der Waals surface area contributed by atoms with E-state index in [1.807, 2.05) is 60.9 Å². The van der Waals surface area contributed by atoms with Crippen LogP contribution in [-0.4, -0.2) is 162 Å². The van der Waals surface area contributed by atoms with Gasteiger partial charge in [-0.2, -0.15) is 13.2 Å². The number of carbonyl (C=O) groups excluding carboxylic acids is 3. The van der Waals surface area contributed by atoms with Gasteiger partial charge < -0.3 is 93.6 Å². The molecule has 2 amide bonds. The van der Waals surface area contributed by atoms with Crippen LogP contribution in [0.4, 0.5) is 13.2 Å². The molecular weight excluding hydrogens is 1740 g/mol. The van der Waals surface area contributed by atoms with E-state index in [-0.39, 0.29) is 11.8 Å². The van der Waals surface area contributed by atoms with Crippen molar-refractivity contribution in [3.05, 3.63) is 155 Å². The molecule has 6 aromatic rings. The second kappa shape index (κ2) is 38.7. The summed E-state index contributed by atoms with van der Waals surface area (Å²) >= 11 is 9.53. The Morgan fingerprint density at radius 3 is 1.27 bits per heavy atom. The van der Waals surface area contributed by atoms with Crippen LogP contribution in [0.3, 0.4) is 0 Å². The van der Waals surface area contributed by atoms with E-state index in [1.54, 1.807) is 24.8 Å². The number of nitrogens with one attached hydrogen (secondary N) is 8. The maximum Gasteiger partial charge on any atom is 0.137 e. The number of fused-ring (bicyclic) bond motifs is 2. The third kappa shape index (κ3) is 25.1. The fourth-order valence-electron chi connectivity index (χ4n) is 7.08. The van der Waals surface area contributed by atoms with Crippen molar-refractivity contribution in [1.29, 1.82) is 0 Å². The zero-order valence-electron chi connectivity index (χ0n) is 40.8. The SMILES string of the molecule is O=C(Cc1ccncc1)NCCc1c[nH]c2ccccc12.O=C(Cc1ccncc1)NCCc1c[nH]c2ccccc12.O=C([O-])C(F)(F)F.[I][Pt+2][I].[I][Pt].[NH-][C@H]1[C@H](O)[C@@H](CO)OC(O)[C@@H]1[NH-].[NH-][C@H]1[C@H](O)[C@@H](CO)OC(O)[C@@H]1[NH-].